The van der Waals surface area contributed by atoms with Crippen molar-refractivity contribution in [3.8, 4) is 11.5 Å². The number of hydrogen-bond acceptors (Lipinski definition) is 4. The lowest BCUT2D eigenvalue weighted by molar-refractivity contribution is -0.116. The van der Waals surface area contributed by atoms with Gasteiger partial charge in [0.1, 0.15) is 5.69 Å². The van der Waals surface area contributed by atoms with Crippen LogP contribution in [-0.4, -0.2) is 20.9 Å². The zero-order valence-corrected chi connectivity index (χ0v) is 15.1. The molecule has 0 aliphatic rings. The Bertz CT molecular complexity index is 1020. The summed E-state index contributed by atoms with van der Waals surface area (Å²) < 4.78 is 0. The van der Waals surface area contributed by atoms with E-state index in [2.05, 4.69) is 39.3 Å². The molecule has 0 radical (unpaired) electrons. The second-order valence-electron chi connectivity index (χ2n) is 6.26. The normalized spacial score (nSPS) is 12.2. The Balaban J connectivity index is 1.47. The van der Waals surface area contributed by atoms with Gasteiger partial charge in [-0.15, -0.1) is 11.3 Å². The third-order valence-electron chi connectivity index (χ3n) is 4.30. The fourth-order valence-corrected chi connectivity index (χ4v) is 3.46. The molecule has 4 aromatic rings. The average Bonchev–Trinajstić information content (AvgIpc) is 3.31. The van der Waals surface area contributed by atoms with Crippen LogP contribution in [0.3, 0.4) is 0 Å². The van der Waals surface area contributed by atoms with Crippen molar-refractivity contribution in [1.29, 1.82) is 0 Å². The van der Waals surface area contributed by atoms with E-state index in [9.17, 15) is 4.79 Å². The van der Waals surface area contributed by atoms with Gasteiger partial charge in [-0.2, -0.15) is 0 Å². The molecule has 2 aromatic heterocycles. The maximum atomic E-state index is 12.4. The first-order valence-electron chi connectivity index (χ1n) is 8.42. The number of amides is 1. The van der Waals surface area contributed by atoms with E-state index in [4.69, 9.17) is 0 Å². The van der Waals surface area contributed by atoms with Gasteiger partial charge in [0, 0.05) is 17.5 Å². The highest BCUT2D eigenvalue weighted by atomic mass is 32.1. The Labute approximate surface area is 155 Å². The van der Waals surface area contributed by atoms with Crippen LogP contribution in [0.4, 0.5) is 5.69 Å². The first kappa shape index (κ1) is 16.5. The van der Waals surface area contributed by atoms with Gasteiger partial charge in [0.25, 0.3) is 0 Å². The van der Waals surface area contributed by atoms with E-state index in [1.165, 1.54) is 16.9 Å². The van der Waals surface area contributed by atoms with E-state index in [1.807, 2.05) is 41.8 Å². The molecule has 0 aliphatic carbocycles. The number of anilines is 1. The summed E-state index contributed by atoms with van der Waals surface area (Å²) in [7, 11) is 0. The van der Waals surface area contributed by atoms with Gasteiger partial charge in [-0.25, -0.2) is 9.97 Å². The average molecular weight is 362 g/mol. The first-order chi connectivity index (χ1) is 12.7. The molecular weight excluding hydrogens is 344 g/mol. The van der Waals surface area contributed by atoms with E-state index in [-0.39, 0.29) is 11.8 Å². The van der Waals surface area contributed by atoms with Crippen LogP contribution >= 0.6 is 11.3 Å². The first-order valence-corrected chi connectivity index (χ1v) is 9.36. The maximum Gasteiger partial charge on any atom is 0.224 e. The van der Waals surface area contributed by atoms with Crippen LogP contribution in [-0.2, 0) is 4.79 Å². The second-order valence-corrected chi connectivity index (χ2v) is 6.97. The summed E-state index contributed by atoms with van der Waals surface area (Å²) >= 11 is 1.53. The minimum absolute atomic E-state index is 0.0000527. The third kappa shape index (κ3) is 3.50. The van der Waals surface area contributed by atoms with E-state index >= 15 is 0 Å². The van der Waals surface area contributed by atoms with Gasteiger partial charge in [-0.3, -0.25) is 4.79 Å². The SMILES string of the molecule is CC(CC(=O)Nc1ccc2nc(-c3cscn3)[nH]c2c1)c1ccccc1. The molecule has 2 N–H and O–H groups in total. The molecule has 1 unspecified atom stereocenters. The van der Waals surface area contributed by atoms with Gasteiger partial charge in [0.05, 0.1) is 16.5 Å². The van der Waals surface area contributed by atoms with Crippen LogP contribution in [0.2, 0.25) is 0 Å². The third-order valence-corrected chi connectivity index (χ3v) is 4.89. The molecule has 0 fully saturated rings. The molecule has 0 spiro atoms. The fourth-order valence-electron chi connectivity index (χ4n) is 2.93. The lowest BCUT2D eigenvalue weighted by atomic mass is 9.97. The number of rotatable bonds is 5. The molecule has 0 aliphatic heterocycles. The number of thiazole rings is 1. The van der Waals surface area contributed by atoms with Crippen LogP contribution in [0.5, 0.6) is 0 Å². The maximum absolute atomic E-state index is 12.4. The Morgan fingerprint density at radius 3 is 2.85 bits per heavy atom. The number of aromatic nitrogens is 3. The second kappa shape index (κ2) is 7.09. The van der Waals surface area contributed by atoms with Gasteiger partial charge in [-0.05, 0) is 29.7 Å². The molecule has 0 saturated heterocycles. The smallest absolute Gasteiger partial charge is 0.224 e. The molecule has 0 bridgehead atoms. The van der Waals surface area contributed by atoms with Crippen LogP contribution in [0.15, 0.2) is 59.4 Å². The van der Waals surface area contributed by atoms with Crippen molar-refractivity contribution in [3.63, 3.8) is 0 Å². The lowest BCUT2D eigenvalue weighted by Gasteiger charge is -2.12. The lowest BCUT2D eigenvalue weighted by Crippen LogP contribution is -2.14. The number of nitrogens with zero attached hydrogens (tertiary/aromatic N) is 2. The summed E-state index contributed by atoms with van der Waals surface area (Å²) in [6, 6.07) is 15.8. The molecule has 130 valence electrons. The number of aromatic amines is 1. The Morgan fingerprint density at radius 2 is 2.08 bits per heavy atom. The highest BCUT2D eigenvalue weighted by molar-refractivity contribution is 7.07. The van der Waals surface area contributed by atoms with Crippen molar-refractivity contribution < 1.29 is 4.79 Å². The summed E-state index contributed by atoms with van der Waals surface area (Å²) in [4.78, 5) is 24.4. The fraction of sp³-hybridized carbons (Fsp3) is 0.150. The molecule has 4 rings (SSSR count). The van der Waals surface area contributed by atoms with Crippen molar-refractivity contribution in [1.82, 2.24) is 15.0 Å². The van der Waals surface area contributed by atoms with Gasteiger partial charge in [0.15, 0.2) is 5.82 Å². The van der Waals surface area contributed by atoms with Crippen LogP contribution in [0.25, 0.3) is 22.6 Å². The summed E-state index contributed by atoms with van der Waals surface area (Å²) in [6.45, 7) is 2.06. The predicted octanol–water partition coefficient (Wildman–Crippen LogP) is 4.82. The summed E-state index contributed by atoms with van der Waals surface area (Å²) in [5.41, 5.74) is 6.26. The molecule has 2 heterocycles. The molecule has 1 amide bonds. The van der Waals surface area contributed by atoms with Gasteiger partial charge >= 0.3 is 0 Å². The van der Waals surface area contributed by atoms with Crippen LogP contribution in [0.1, 0.15) is 24.8 Å². The number of fused-ring (bicyclic) bond motifs is 1. The van der Waals surface area contributed by atoms with Crippen molar-refractivity contribution >= 4 is 34.0 Å². The molecule has 5 nitrogen and oxygen atoms in total. The predicted molar refractivity (Wildman–Crippen MR) is 105 cm³/mol. The minimum Gasteiger partial charge on any atom is -0.337 e. The molecule has 1 atom stereocenters. The highest BCUT2D eigenvalue weighted by Crippen LogP contribution is 2.24. The van der Waals surface area contributed by atoms with Gasteiger partial charge < -0.3 is 10.3 Å². The van der Waals surface area contributed by atoms with Crippen molar-refractivity contribution in [3.05, 3.63) is 65.0 Å². The Morgan fingerprint density at radius 1 is 1.23 bits per heavy atom. The van der Waals surface area contributed by atoms with E-state index in [0.717, 1.165) is 28.2 Å². The number of nitrogens with one attached hydrogen (secondary N) is 2. The number of benzene rings is 2. The number of carbonyl (C=O) groups is 1. The Hall–Kier alpha value is -2.99. The van der Waals surface area contributed by atoms with Crippen molar-refractivity contribution in [2.45, 2.75) is 19.3 Å². The van der Waals surface area contributed by atoms with Crippen LogP contribution in [0, 0.1) is 0 Å². The van der Waals surface area contributed by atoms with Crippen molar-refractivity contribution in [2.24, 2.45) is 0 Å². The number of hydrogen-bond donors (Lipinski definition) is 2. The number of imidazole rings is 1. The highest BCUT2D eigenvalue weighted by Gasteiger charge is 2.12. The topological polar surface area (TPSA) is 70.7 Å². The van der Waals surface area contributed by atoms with Crippen molar-refractivity contribution in [2.75, 3.05) is 5.32 Å². The molecular formula is C20H18N4OS. The minimum atomic E-state index is -0.0000527. The standard InChI is InChI=1S/C20H18N4OS/c1-13(14-5-3-2-4-6-14)9-19(25)22-15-7-8-16-17(10-15)24-20(23-16)18-11-26-12-21-18/h2-8,10-13H,9H2,1H3,(H,22,25)(H,23,24). The molecule has 0 saturated carbocycles. The quantitative estimate of drug-likeness (QED) is 0.535. The number of H-pyrrole nitrogens is 1. The largest absolute Gasteiger partial charge is 0.337 e. The zero-order chi connectivity index (χ0) is 17.9. The van der Waals surface area contributed by atoms with E-state index in [1.54, 1.807) is 5.51 Å². The zero-order valence-electron chi connectivity index (χ0n) is 14.3. The monoisotopic (exact) mass is 362 g/mol. The Kier molecular flexibility index (Phi) is 4.50. The summed E-state index contributed by atoms with van der Waals surface area (Å²) in [5.74, 6) is 0.908. The van der Waals surface area contributed by atoms with Gasteiger partial charge in [0.2, 0.25) is 5.91 Å². The number of carbonyl (C=O) groups excluding carboxylic acids is 1. The van der Waals surface area contributed by atoms with E-state index in [0.29, 0.717) is 6.42 Å². The summed E-state index contributed by atoms with van der Waals surface area (Å²) in [6.07, 6.45) is 0.440. The van der Waals surface area contributed by atoms with E-state index < -0.39 is 0 Å². The summed E-state index contributed by atoms with van der Waals surface area (Å²) in [5, 5.41) is 4.93. The molecule has 2 aromatic carbocycles. The molecule has 6 heteroatoms. The molecule has 26 heavy (non-hydrogen) atoms. The van der Waals surface area contributed by atoms with Crippen LogP contribution < -0.4 is 5.32 Å². The van der Waals surface area contributed by atoms with Gasteiger partial charge in [-0.1, -0.05) is 37.3 Å².